The Hall–Kier alpha value is -0.0800. The topological polar surface area (TPSA) is 38.0 Å². The molecule has 84 valence electrons. The minimum atomic E-state index is 0.558. The Morgan fingerprint density at radius 2 is 1.86 bits per heavy atom. The van der Waals surface area contributed by atoms with Crippen molar-refractivity contribution >= 4 is 0 Å². The zero-order valence-electron chi connectivity index (χ0n) is 9.60. The lowest BCUT2D eigenvalue weighted by Gasteiger charge is -2.23. The highest BCUT2D eigenvalue weighted by Crippen LogP contribution is 2.17. The van der Waals surface area contributed by atoms with E-state index in [4.69, 9.17) is 5.73 Å². The Morgan fingerprint density at radius 3 is 2.36 bits per heavy atom. The normalized spacial score (nSPS) is 21.9. The van der Waals surface area contributed by atoms with Crippen molar-refractivity contribution in [3.8, 4) is 0 Å². The average molecular weight is 198 g/mol. The molecule has 1 rings (SSSR count). The van der Waals surface area contributed by atoms with Crippen molar-refractivity contribution in [2.24, 2.45) is 5.73 Å². The molecule has 0 aromatic rings. The standard InChI is InChI=1S/C12H26N2/c1-2-7-12(10-13)14-11-8-5-3-4-6-9-11/h11-12,14H,2-10,13H2,1H3. The Morgan fingerprint density at radius 1 is 1.21 bits per heavy atom. The number of nitrogens with two attached hydrogens (primary N) is 1. The van der Waals surface area contributed by atoms with Crippen LogP contribution in [0.4, 0.5) is 0 Å². The van der Waals surface area contributed by atoms with Gasteiger partial charge in [-0.3, -0.25) is 0 Å². The SMILES string of the molecule is CCCC(CN)NC1CCCCCC1. The van der Waals surface area contributed by atoms with Crippen LogP contribution in [0.1, 0.15) is 58.3 Å². The van der Waals surface area contributed by atoms with Gasteiger partial charge >= 0.3 is 0 Å². The van der Waals surface area contributed by atoms with Gasteiger partial charge in [-0.1, -0.05) is 39.0 Å². The van der Waals surface area contributed by atoms with Gasteiger partial charge in [-0.2, -0.15) is 0 Å². The summed E-state index contributed by atoms with van der Waals surface area (Å²) in [5.41, 5.74) is 5.75. The van der Waals surface area contributed by atoms with Crippen LogP contribution in [-0.4, -0.2) is 18.6 Å². The predicted molar refractivity (Wildman–Crippen MR) is 62.4 cm³/mol. The summed E-state index contributed by atoms with van der Waals surface area (Å²) < 4.78 is 0. The molecule has 1 aliphatic rings. The Kier molecular flexibility index (Phi) is 6.20. The molecule has 0 heterocycles. The first-order chi connectivity index (χ1) is 6.86. The molecule has 1 fully saturated rings. The van der Waals surface area contributed by atoms with Crippen molar-refractivity contribution < 1.29 is 0 Å². The highest BCUT2D eigenvalue weighted by molar-refractivity contribution is 4.76. The van der Waals surface area contributed by atoms with E-state index >= 15 is 0 Å². The second kappa shape index (κ2) is 7.24. The second-order valence-corrected chi connectivity index (χ2v) is 4.58. The summed E-state index contributed by atoms with van der Waals surface area (Å²) in [4.78, 5) is 0. The van der Waals surface area contributed by atoms with E-state index in [0.717, 1.165) is 12.6 Å². The van der Waals surface area contributed by atoms with E-state index in [9.17, 15) is 0 Å². The molecule has 0 bridgehead atoms. The molecule has 0 aliphatic heterocycles. The van der Waals surface area contributed by atoms with Gasteiger partial charge in [0.1, 0.15) is 0 Å². The predicted octanol–water partition coefficient (Wildman–Crippen LogP) is 2.43. The van der Waals surface area contributed by atoms with Crippen LogP contribution in [0, 0.1) is 0 Å². The largest absolute Gasteiger partial charge is 0.329 e. The molecular formula is C12H26N2. The highest BCUT2D eigenvalue weighted by Gasteiger charge is 2.15. The molecule has 1 saturated carbocycles. The smallest absolute Gasteiger partial charge is 0.0192 e. The Balaban J connectivity index is 2.24. The van der Waals surface area contributed by atoms with E-state index in [1.54, 1.807) is 0 Å². The van der Waals surface area contributed by atoms with Crippen LogP contribution in [0.3, 0.4) is 0 Å². The average Bonchev–Trinajstić information content (AvgIpc) is 2.45. The minimum Gasteiger partial charge on any atom is -0.329 e. The number of hydrogen-bond donors (Lipinski definition) is 2. The quantitative estimate of drug-likeness (QED) is 0.666. The van der Waals surface area contributed by atoms with Crippen molar-refractivity contribution in [1.82, 2.24) is 5.32 Å². The molecule has 1 unspecified atom stereocenters. The first-order valence-corrected chi connectivity index (χ1v) is 6.33. The molecule has 0 saturated heterocycles. The van der Waals surface area contributed by atoms with Gasteiger partial charge in [0.25, 0.3) is 0 Å². The number of hydrogen-bond acceptors (Lipinski definition) is 2. The van der Waals surface area contributed by atoms with Crippen molar-refractivity contribution in [3.63, 3.8) is 0 Å². The molecule has 0 radical (unpaired) electrons. The summed E-state index contributed by atoms with van der Waals surface area (Å²) in [6, 6.07) is 1.31. The fourth-order valence-electron chi connectivity index (χ4n) is 2.40. The lowest BCUT2D eigenvalue weighted by atomic mass is 10.1. The van der Waals surface area contributed by atoms with Gasteiger partial charge in [0.2, 0.25) is 0 Å². The third kappa shape index (κ3) is 4.43. The zero-order valence-corrected chi connectivity index (χ0v) is 9.60. The van der Waals surface area contributed by atoms with Crippen molar-refractivity contribution in [2.75, 3.05) is 6.54 Å². The summed E-state index contributed by atoms with van der Waals surface area (Å²) in [7, 11) is 0. The van der Waals surface area contributed by atoms with Gasteiger partial charge in [-0.05, 0) is 19.3 Å². The van der Waals surface area contributed by atoms with Crippen molar-refractivity contribution in [1.29, 1.82) is 0 Å². The number of rotatable bonds is 5. The van der Waals surface area contributed by atoms with E-state index in [1.165, 1.54) is 51.4 Å². The van der Waals surface area contributed by atoms with Crippen LogP contribution in [-0.2, 0) is 0 Å². The molecule has 2 heteroatoms. The summed E-state index contributed by atoms with van der Waals surface area (Å²) in [5, 5.41) is 3.72. The third-order valence-corrected chi connectivity index (χ3v) is 3.25. The molecule has 1 atom stereocenters. The summed E-state index contributed by atoms with van der Waals surface area (Å²) in [6.45, 7) is 3.03. The molecule has 0 spiro atoms. The van der Waals surface area contributed by atoms with Gasteiger partial charge < -0.3 is 11.1 Å². The van der Waals surface area contributed by atoms with E-state index in [-0.39, 0.29) is 0 Å². The van der Waals surface area contributed by atoms with E-state index in [1.807, 2.05) is 0 Å². The van der Waals surface area contributed by atoms with Crippen molar-refractivity contribution in [2.45, 2.75) is 70.4 Å². The minimum absolute atomic E-state index is 0.558. The third-order valence-electron chi connectivity index (χ3n) is 3.25. The fraction of sp³-hybridized carbons (Fsp3) is 1.00. The van der Waals surface area contributed by atoms with Gasteiger partial charge in [-0.15, -0.1) is 0 Å². The van der Waals surface area contributed by atoms with Crippen LogP contribution in [0.25, 0.3) is 0 Å². The van der Waals surface area contributed by atoms with Gasteiger partial charge in [0.05, 0.1) is 0 Å². The van der Waals surface area contributed by atoms with Gasteiger partial charge in [0.15, 0.2) is 0 Å². The van der Waals surface area contributed by atoms with Crippen LogP contribution in [0.5, 0.6) is 0 Å². The molecule has 0 amide bonds. The van der Waals surface area contributed by atoms with E-state index in [0.29, 0.717) is 6.04 Å². The maximum absolute atomic E-state index is 5.75. The zero-order chi connectivity index (χ0) is 10.2. The lowest BCUT2D eigenvalue weighted by molar-refractivity contribution is 0.380. The van der Waals surface area contributed by atoms with Crippen LogP contribution in [0.15, 0.2) is 0 Å². The lowest BCUT2D eigenvalue weighted by Crippen LogP contribution is -2.42. The molecule has 0 aromatic heterocycles. The Bertz CT molecular complexity index is 128. The number of nitrogens with one attached hydrogen (secondary N) is 1. The van der Waals surface area contributed by atoms with Crippen LogP contribution < -0.4 is 11.1 Å². The van der Waals surface area contributed by atoms with E-state index < -0.39 is 0 Å². The molecule has 0 aromatic carbocycles. The second-order valence-electron chi connectivity index (χ2n) is 4.58. The van der Waals surface area contributed by atoms with Crippen LogP contribution >= 0.6 is 0 Å². The van der Waals surface area contributed by atoms with Crippen LogP contribution in [0.2, 0.25) is 0 Å². The molecular weight excluding hydrogens is 172 g/mol. The summed E-state index contributed by atoms with van der Waals surface area (Å²) in [6.07, 6.45) is 10.9. The fourth-order valence-corrected chi connectivity index (χ4v) is 2.40. The van der Waals surface area contributed by atoms with Gasteiger partial charge in [0, 0.05) is 18.6 Å². The maximum atomic E-state index is 5.75. The molecule has 3 N–H and O–H groups in total. The van der Waals surface area contributed by atoms with Crippen molar-refractivity contribution in [3.05, 3.63) is 0 Å². The first kappa shape index (κ1) is 12.0. The Labute approximate surface area is 88.6 Å². The van der Waals surface area contributed by atoms with E-state index in [2.05, 4.69) is 12.2 Å². The summed E-state index contributed by atoms with van der Waals surface area (Å²) in [5.74, 6) is 0. The highest BCUT2D eigenvalue weighted by atomic mass is 15.0. The maximum Gasteiger partial charge on any atom is 0.0192 e. The first-order valence-electron chi connectivity index (χ1n) is 6.33. The monoisotopic (exact) mass is 198 g/mol. The summed E-state index contributed by atoms with van der Waals surface area (Å²) >= 11 is 0. The van der Waals surface area contributed by atoms with Gasteiger partial charge in [-0.25, -0.2) is 0 Å². The molecule has 14 heavy (non-hydrogen) atoms. The molecule has 2 nitrogen and oxygen atoms in total. The molecule has 1 aliphatic carbocycles.